The van der Waals surface area contributed by atoms with Crippen LogP contribution in [-0.4, -0.2) is 29.9 Å². The summed E-state index contributed by atoms with van der Waals surface area (Å²) in [7, 11) is 0. The van der Waals surface area contributed by atoms with Crippen LogP contribution in [0, 0.1) is 12.8 Å². The molecular formula is C13H20N2OS. The highest BCUT2D eigenvalue weighted by Gasteiger charge is 2.29. The fourth-order valence-electron chi connectivity index (χ4n) is 2.39. The highest BCUT2D eigenvalue weighted by Crippen LogP contribution is 2.25. The van der Waals surface area contributed by atoms with Crippen LogP contribution in [0.1, 0.15) is 35.7 Å². The molecule has 2 unspecified atom stereocenters. The maximum Gasteiger partial charge on any atom is 0.255 e. The predicted molar refractivity (Wildman–Crippen MR) is 71.3 cm³/mol. The van der Waals surface area contributed by atoms with Gasteiger partial charge in [-0.3, -0.25) is 4.79 Å². The van der Waals surface area contributed by atoms with E-state index in [-0.39, 0.29) is 5.91 Å². The number of likely N-dealkylation sites (tertiary alicyclic amines) is 1. The number of nitrogens with two attached hydrogens (primary N) is 1. The second-order valence-corrected chi connectivity index (χ2v) is 5.70. The second kappa shape index (κ2) is 5.19. The number of hydrogen-bond acceptors (Lipinski definition) is 3. The first-order chi connectivity index (χ1) is 8.13. The third-order valence-corrected chi connectivity index (χ3v) is 4.52. The average molecular weight is 252 g/mol. The highest BCUT2D eigenvalue weighted by molar-refractivity contribution is 7.08. The van der Waals surface area contributed by atoms with Gasteiger partial charge in [0.1, 0.15) is 0 Å². The first-order valence-electron chi connectivity index (χ1n) is 6.17. The molecule has 1 aromatic rings. The van der Waals surface area contributed by atoms with Crippen molar-refractivity contribution in [3.63, 3.8) is 0 Å². The molecule has 2 atom stereocenters. The van der Waals surface area contributed by atoms with Gasteiger partial charge in [0.15, 0.2) is 0 Å². The zero-order chi connectivity index (χ0) is 12.4. The molecule has 0 aliphatic carbocycles. The van der Waals surface area contributed by atoms with Crippen LogP contribution in [0.2, 0.25) is 0 Å². The van der Waals surface area contributed by atoms with Crippen molar-refractivity contribution < 1.29 is 4.79 Å². The van der Waals surface area contributed by atoms with Crippen LogP contribution in [0.25, 0.3) is 0 Å². The van der Waals surface area contributed by atoms with E-state index in [4.69, 9.17) is 5.73 Å². The molecule has 17 heavy (non-hydrogen) atoms. The van der Waals surface area contributed by atoms with Crippen molar-refractivity contribution in [1.82, 2.24) is 4.90 Å². The van der Waals surface area contributed by atoms with Crippen molar-refractivity contribution in [1.29, 1.82) is 0 Å². The van der Waals surface area contributed by atoms with Gasteiger partial charge in [-0.25, -0.2) is 0 Å². The number of thiophene rings is 1. The molecule has 0 aromatic carbocycles. The molecule has 2 N–H and O–H groups in total. The Bertz CT molecular complexity index is 402. The van der Waals surface area contributed by atoms with Crippen molar-refractivity contribution in [2.75, 3.05) is 13.1 Å². The molecule has 1 aromatic heterocycles. The number of hydrogen-bond donors (Lipinski definition) is 1. The normalized spacial score (nSPS) is 25.0. The van der Waals surface area contributed by atoms with E-state index in [0.29, 0.717) is 18.5 Å². The highest BCUT2D eigenvalue weighted by atomic mass is 32.1. The summed E-state index contributed by atoms with van der Waals surface area (Å²) in [5, 5.41) is 3.98. The monoisotopic (exact) mass is 252 g/mol. The van der Waals surface area contributed by atoms with Gasteiger partial charge in [-0.05, 0) is 50.1 Å². The van der Waals surface area contributed by atoms with Gasteiger partial charge in [0.05, 0.1) is 5.56 Å². The van der Waals surface area contributed by atoms with Gasteiger partial charge in [0.2, 0.25) is 0 Å². The largest absolute Gasteiger partial charge is 0.336 e. The lowest BCUT2D eigenvalue weighted by Gasteiger charge is -2.37. The molecular weight excluding hydrogens is 232 g/mol. The maximum atomic E-state index is 12.4. The Balaban J connectivity index is 2.15. The predicted octanol–water partition coefficient (Wildman–Crippen LogP) is 2.26. The lowest BCUT2D eigenvalue weighted by atomic mass is 9.93. The summed E-state index contributed by atoms with van der Waals surface area (Å²) in [4.78, 5) is 14.4. The molecule has 1 aliphatic rings. The molecule has 2 rings (SSSR count). The van der Waals surface area contributed by atoms with Gasteiger partial charge < -0.3 is 10.6 Å². The number of piperidine rings is 1. The van der Waals surface area contributed by atoms with Gasteiger partial charge in [-0.1, -0.05) is 0 Å². The van der Waals surface area contributed by atoms with Gasteiger partial charge in [-0.15, -0.1) is 0 Å². The zero-order valence-electron chi connectivity index (χ0n) is 10.5. The van der Waals surface area contributed by atoms with E-state index < -0.39 is 0 Å². The minimum Gasteiger partial charge on any atom is -0.336 e. The summed E-state index contributed by atoms with van der Waals surface area (Å²) in [5.74, 6) is 0.642. The number of aryl methyl sites for hydroxylation is 1. The topological polar surface area (TPSA) is 46.3 Å². The van der Waals surface area contributed by atoms with Crippen LogP contribution >= 0.6 is 11.3 Å². The van der Waals surface area contributed by atoms with Crippen molar-refractivity contribution in [3.05, 3.63) is 21.9 Å². The van der Waals surface area contributed by atoms with E-state index in [1.165, 1.54) is 0 Å². The van der Waals surface area contributed by atoms with E-state index in [2.05, 4.69) is 6.92 Å². The SMILES string of the molecule is Cc1cscc1C(=O)N1CC(CN)CCC1C. The molecule has 4 heteroatoms. The van der Waals surface area contributed by atoms with Crippen molar-refractivity contribution in [2.24, 2.45) is 11.7 Å². The fraction of sp³-hybridized carbons (Fsp3) is 0.615. The Hall–Kier alpha value is -0.870. The molecule has 0 bridgehead atoms. The minimum absolute atomic E-state index is 0.175. The molecule has 1 fully saturated rings. The lowest BCUT2D eigenvalue weighted by Crippen LogP contribution is -2.47. The number of rotatable bonds is 2. The molecule has 0 saturated carbocycles. The van der Waals surface area contributed by atoms with Gasteiger partial charge in [-0.2, -0.15) is 11.3 Å². The number of carbonyl (C=O) groups excluding carboxylic acids is 1. The van der Waals surface area contributed by atoms with E-state index in [1.807, 2.05) is 22.6 Å². The maximum absolute atomic E-state index is 12.4. The van der Waals surface area contributed by atoms with Crippen LogP contribution in [0.5, 0.6) is 0 Å². The minimum atomic E-state index is 0.175. The number of carbonyl (C=O) groups is 1. The average Bonchev–Trinajstić information content (AvgIpc) is 2.75. The molecule has 3 nitrogen and oxygen atoms in total. The Morgan fingerprint density at radius 3 is 2.88 bits per heavy atom. The van der Waals surface area contributed by atoms with E-state index in [9.17, 15) is 4.79 Å². The Kier molecular flexibility index (Phi) is 3.84. The molecule has 0 radical (unpaired) electrons. The first kappa shape index (κ1) is 12.6. The molecule has 94 valence electrons. The molecule has 1 saturated heterocycles. The third-order valence-electron chi connectivity index (χ3n) is 3.66. The van der Waals surface area contributed by atoms with Crippen molar-refractivity contribution >= 4 is 17.2 Å². The fourth-order valence-corrected chi connectivity index (χ4v) is 3.21. The van der Waals surface area contributed by atoms with Crippen LogP contribution < -0.4 is 5.73 Å². The van der Waals surface area contributed by atoms with Crippen LogP contribution in [-0.2, 0) is 0 Å². The first-order valence-corrected chi connectivity index (χ1v) is 7.11. The van der Waals surface area contributed by atoms with E-state index in [1.54, 1.807) is 11.3 Å². The third kappa shape index (κ3) is 2.53. The summed E-state index contributed by atoms with van der Waals surface area (Å²) < 4.78 is 0. The quantitative estimate of drug-likeness (QED) is 0.877. The molecule has 1 amide bonds. The summed E-state index contributed by atoms with van der Waals surface area (Å²) >= 11 is 1.59. The molecule has 0 spiro atoms. The van der Waals surface area contributed by atoms with Crippen molar-refractivity contribution in [2.45, 2.75) is 32.7 Å². The van der Waals surface area contributed by atoms with Gasteiger partial charge in [0.25, 0.3) is 5.91 Å². The van der Waals surface area contributed by atoms with Crippen LogP contribution in [0.4, 0.5) is 0 Å². The van der Waals surface area contributed by atoms with Crippen LogP contribution in [0.3, 0.4) is 0 Å². The molecule has 2 heterocycles. The summed E-state index contributed by atoms with van der Waals surface area (Å²) in [6.07, 6.45) is 2.21. The number of amides is 1. The second-order valence-electron chi connectivity index (χ2n) is 4.95. The standard InChI is InChI=1S/C13H20N2OS/c1-9-7-17-8-12(9)13(16)15-6-11(5-14)4-3-10(15)2/h7-8,10-11H,3-6,14H2,1-2H3. The Morgan fingerprint density at radius 1 is 1.53 bits per heavy atom. The smallest absolute Gasteiger partial charge is 0.255 e. The lowest BCUT2D eigenvalue weighted by molar-refractivity contribution is 0.0567. The zero-order valence-corrected chi connectivity index (χ0v) is 11.3. The van der Waals surface area contributed by atoms with Crippen LogP contribution in [0.15, 0.2) is 10.8 Å². The summed E-state index contributed by atoms with van der Waals surface area (Å²) in [5.41, 5.74) is 7.67. The summed E-state index contributed by atoms with van der Waals surface area (Å²) in [6.45, 7) is 5.62. The number of nitrogens with zero attached hydrogens (tertiary/aromatic N) is 1. The summed E-state index contributed by atoms with van der Waals surface area (Å²) in [6, 6.07) is 0.338. The Labute approximate surface area is 107 Å². The van der Waals surface area contributed by atoms with E-state index >= 15 is 0 Å². The van der Waals surface area contributed by atoms with Gasteiger partial charge in [0, 0.05) is 18.0 Å². The van der Waals surface area contributed by atoms with Crippen molar-refractivity contribution in [3.8, 4) is 0 Å². The van der Waals surface area contributed by atoms with Gasteiger partial charge >= 0.3 is 0 Å². The van der Waals surface area contributed by atoms with E-state index in [0.717, 1.165) is 30.5 Å². The Morgan fingerprint density at radius 2 is 2.29 bits per heavy atom. The molecule has 1 aliphatic heterocycles.